The molecule has 0 saturated heterocycles. The van der Waals surface area contributed by atoms with Crippen molar-refractivity contribution in [3.63, 3.8) is 0 Å². The Balaban J connectivity index is 1.82. The van der Waals surface area contributed by atoms with E-state index in [1.54, 1.807) is 49.6 Å². The number of hydrogen-bond acceptors (Lipinski definition) is 5. The molecule has 0 aliphatic heterocycles. The number of benzene rings is 2. The van der Waals surface area contributed by atoms with Crippen molar-refractivity contribution >= 4 is 28.5 Å². The highest BCUT2D eigenvalue weighted by atomic mass is 16.5. The number of aryl methyl sites for hydroxylation is 1. The first-order valence-electron chi connectivity index (χ1n) is 10.6. The maximum absolute atomic E-state index is 13.1. The summed E-state index contributed by atoms with van der Waals surface area (Å²) in [7, 11) is 1.55. The van der Waals surface area contributed by atoms with Crippen LogP contribution in [0.4, 0.5) is 5.69 Å². The topological polar surface area (TPSA) is 102 Å². The maximum atomic E-state index is 13.1. The minimum Gasteiger partial charge on any atom is -0.497 e. The van der Waals surface area contributed by atoms with Gasteiger partial charge in [-0.2, -0.15) is 0 Å². The van der Waals surface area contributed by atoms with Crippen molar-refractivity contribution < 1.29 is 14.3 Å². The van der Waals surface area contributed by atoms with Crippen LogP contribution in [0.1, 0.15) is 26.0 Å². The molecule has 0 atom stereocenters. The molecule has 0 bridgehead atoms. The number of ether oxygens (including phenoxy) is 1. The van der Waals surface area contributed by atoms with Gasteiger partial charge in [0, 0.05) is 31.1 Å². The quantitative estimate of drug-likeness (QED) is 0.537. The smallest absolute Gasteiger partial charge is 0.273 e. The summed E-state index contributed by atoms with van der Waals surface area (Å²) < 4.78 is 6.58. The molecule has 168 valence electrons. The van der Waals surface area contributed by atoms with E-state index in [1.807, 2.05) is 19.9 Å². The number of amides is 2. The van der Waals surface area contributed by atoms with Gasteiger partial charge < -0.3 is 15.4 Å². The van der Waals surface area contributed by atoms with E-state index in [-0.39, 0.29) is 42.5 Å². The number of aromatic nitrogens is 2. The molecule has 8 heteroatoms. The zero-order valence-electron chi connectivity index (χ0n) is 18.6. The number of carbonyl (C=O) groups excluding carboxylic acids is 2. The summed E-state index contributed by atoms with van der Waals surface area (Å²) in [5.41, 5.74) is 1.62. The Labute approximate surface area is 186 Å². The summed E-state index contributed by atoms with van der Waals surface area (Å²) in [6.07, 6.45) is 0.356. The van der Waals surface area contributed by atoms with Crippen LogP contribution in [0.15, 0.2) is 53.3 Å². The number of methoxy groups -OCH3 is 1. The van der Waals surface area contributed by atoms with Crippen LogP contribution in [0.2, 0.25) is 0 Å². The Kier molecular flexibility index (Phi) is 7.59. The van der Waals surface area contributed by atoms with Crippen molar-refractivity contribution in [2.24, 2.45) is 5.92 Å². The molecule has 8 nitrogen and oxygen atoms in total. The third kappa shape index (κ3) is 5.94. The fourth-order valence-electron chi connectivity index (χ4n) is 3.25. The number of carbonyl (C=O) groups is 2. The first kappa shape index (κ1) is 23.0. The van der Waals surface area contributed by atoms with Gasteiger partial charge in [0.2, 0.25) is 11.8 Å². The van der Waals surface area contributed by atoms with E-state index in [1.165, 1.54) is 4.57 Å². The molecule has 2 aromatic carbocycles. The minimum atomic E-state index is -0.374. The van der Waals surface area contributed by atoms with Crippen LogP contribution in [-0.2, 0) is 22.6 Å². The number of fused-ring (bicyclic) bond motifs is 1. The van der Waals surface area contributed by atoms with Crippen LogP contribution >= 0.6 is 0 Å². The van der Waals surface area contributed by atoms with E-state index in [4.69, 9.17) is 4.74 Å². The zero-order chi connectivity index (χ0) is 23.1. The normalized spacial score (nSPS) is 10.9. The fraction of sp³-hybridized carbons (Fsp3) is 0.333. The van der Waals surface area contributed by atoms with Gasteiger partial charge in [-0.25, -0.2) is 4.98 Å². The predicted molar refractivity (Wildman–Crippen MR) is 124 cm³/mol. The lowest BCUT2D eigenvalue weighted by Gasteiger charge is -2.13. The van der Waals surface area contributed by atoms with Crippen LogP contribution < -0.4 is 20.9 Å². The molecule has 0 aliphatic carbocycles. The van der Waals surface area contributed by atoms with E-state index in [2.05, 4.69) is 15.6 Å². The van der Waals surface area contributed by atoms with E-state index >= 15 is 0 Å². The predicted octanol–water partition coefficient (Wildman–Crippen LogP) is 2.75. The molecule has 3 rings (SSSR count). The number of hydrogen-bond donors (Lipinski definition) is 2. The van der Waals surface area contributed by atoms with Gasteiger partial charge in [-0.3, -0.25) is 19.0 Å². The molecule has 0 spiro atoms. The molecule has 1 heterocycles. The van der Waals surface area contributed by atoms with Gasteiger partial charge in [0.25, 0.3) is 5.56 Å². The number of anilines is 1. The lowest BCUT2D eigenvalue weighted by Crippen LogP contribution is -2.32. The van der Waals surface area contributed by atoms with Crippen molar-refractivity contribution in [3.05, 3.63) is 64.6 Å². The van der Waals surface area contributed by atoms with Crippen LogP contribution in [0.3, 0.4) is 0 Å². The molecule has 0 aliphatic rings. The molecule has 32 heavy (non-hydrogen) atoms. The molecule has 0 saturated carbocycles. The molecule has 3 aromatic rings. The van der Waals surface area contributed by atoms with Gasteiger partial charge in [-0.15, -0.1) is 0 Å². The van der Waals surface area contributed by atoms with Crippen molar-refractivity contribution in [1.82, 2.24) is 14.9 Å². The van der Waals surface area contributed by atoms with Crippen LogP contribution in [0.25, 0.3) is 11.0 Å². The summed E-state index contributed by atoms with van der Waals surface area (Å²) in [4.78, 5) is 42.4. The Morgan fingerprint density at radius 1 is 1.09 bits per heavy atom. The summed E-state index contributed by atoms with van der Waals surface area (Å²) in [5.74, 6) is 0.484. The highest BCUT2D eigenvalue weighted by Crippen LogP contribution is 2.17. The van der Waals surface area contributed by atoms with Crippen LogP contribution in [0.5, 0.6) is 5.75 Å². The van der Waals surface area contributed by atoms with Crippen molar-refractivity contribution in [1.29, 1.82) is 0 Å². The highest BCUT2D eigenvalue weighted by molar-refractivity contribution is 5.91. The van der Waals surface area contributed by atoms with Gasteiger partial charge in [0.1, 0.15) is 18.0 Å². The fourth-order valence-corrected chi connectivity index (χ4v) is 3.25. The average Bonchev–Trinajstić information content (AvgIpc) is 2.78. The Bertz CT molecular complexity index is 1170. The molecule has 0 unspecified atom stereocenters. The lowest BCUT2D eigenvalue weighted by molar-refractivity contribution is -0.121. The standard InChI is InChI=1S/C24H28N4O4/c1-16(2)14-25-22(29)12-11-20-24(31)28(21-10-5-4-9-19(21)27-20)15-23(30)26-17-7-6-8-18(13-17)32-3/h4-10,13,16H,11-12,14-15H2,1-3H3,(H,25,29)(H,26,30). The molecule has 2 amide bonds. The highest BCUT2D eigenvalue weighted by Gasteiger charge is 2.15. The number of nitrogens with one attached hydrogen (secondary N) is 2. The monoisotopic (exact) mass is 436 g/mol. The Morgan fingerprint density at radius 3 is 2.62 bits per heavy atom. The van der Waals surface area contributed by atoms with E-state index in [0.29, 0.717) is 34.9 Å². The summed E-state index contributed by atoms with van der Waals surface area (Å²) >= 11 is 0. The van der Waals surface area contributed by atoms with Gasteiger partial charge in [0.05, 0.1) is 18.1 Å². The van der Waals surface area contributed by atoms with Crippen LogP contribution in [-0.4, -0.2) is 35.0 Å². The first-order valence-corrected chi connectivity index (χ1v) is 10.6. The SMILES string of the molecule is COc1cccc(NC(=O)Cn2c(=O)c(CCC(=O)NCC(C)C)nc3ccccc32)c1. The van der Waals surface area contributed by atoms with E-state index < -0.39 is 0 Å². The van der Waals surface area contributed by atoms with Gasteiger partial charge >= 0.3 is 0 Å². The third-order valence-corrected chi connectivity index (χ3v) is 4.87. The molecular weight excluding hydrogens is 408 g/mol. The summed E-state index contributed by atoms with van der Waals surface area (Å²) in [6.45, 7) is 4.44. The van der Waals surface area contributed by atoms with Gasteiger partial charge in [-0.1, -0.05) is 32.0 Å². The Morgan fingerprint density at radius 2 is 1.88 bits per heavy atom. The molecule has 0 radical (unpaired) electrons. The second-order valence-electron chi connectivity index (χ2n) is 7.92. The van der Waals surface area contributed by atoms with E-state index in [0.717, 1.165) is 0 Å². The number of rotatable bonds is 9. The second kappa shape index (κ2) is 10.6. The minimum absolute atomic E-state index is 0.129. The molecular formula is C24H28N4O4. The van der Waals surface area contributed by atoms with Crippen molar-refractivity contribution in [2.75, 3.05) is 19.0 Å². The molecule has 1 aromatic heterocycles. The van der Waals surface area contributed by atoms with Crippen LogP contribution in [0, 0.1) is 5.92 Å². The Hall–Kier alpha value is -3.68. The largest absolute Gasteiger partial charge is 0.497 e. The first-order chi connectivity index (χ1) is 15.4. The zero-order valence-corrected chi connectivity index (χ0v) is 18.6. The number of nitrogens with zero attached hydrogens (tertiary/aromatic N) is 2. The average molecular weight is 437 g/mol. The van der Waals surface area contributed by atoms with E-state index in [9.17, 15) is 14.4 Å². The van der Waals surface area contributed by atoms with Crippen molar-refractivity contribution in [3.8, 4) is 5.75 Å². The third-order valence-electron chi connectivity index (χ3n) is 4.87. The summed E-state index contributed by atoms with van der Waals surface area (Å²) in [6, 6.07) is 14.1. The molecule has 2 N–H and O–H groups in total. The summed E-state index contributed by atoms with van der Waals surface area (Å²) in [5, 5.41) is 5.63. The van der Waals surface area contributed by atoms with Crippen molar-refractivity contribution in [2.45, 2.75) is 33.2 Å². The maximum Gasteiger partial charge on any atom is 0.273 e. The van der Waals surface area contributed by atoms with Gasteiger partial charge in [0.15, 0.2) is 0 Å². The number of para-hydroxylation sites is 2. The molecule has 0 fully saturated rings. The lowest BCUT2D eigenvalue weighted by atomic mass is 10.2. The van der Waals surface area contributed by atoms with Gasteiger partial charge in [-0.05, 0) is 30.2 Å². The second-order valence-corrected chi connectivity index (χ2v) is 7.92.